The molecule has 2 aliphatic heterocycles. The van der Waals surface area contributed by atoms with E-state index in [1.165, 1.54) is 0 Å². The Bertz CT molecular complexity index is 843. The van der Waals surface area contributed by atoms with Gasteiger partial charge in [0, 0.05) is 23.0 Å². The molecule has 120 valence electrons. The Hall–Kier alpha value is -2.59. The lowest BCUT2D eigenvalue weighted by Gasteiger charge is -2.31. The molecule has 5 heteroatoms. The SMILES string of the molecule is O=C1OCC2=C1C(c1ccccc1)CC(=O)N2c1ccc(Cl)cc1. The van der Waals surface area contributed by atoms with E-state index in [4.69, 9.17) is 16.3 Å². The molecule has 0 radical (unpaired) electrons. The Labute approximate surface area is 144 Å². The van der Waals surface area contributed by atoms with Crippen LogP contribution in [-0.4, -0.2) is 18.5 Å². The Morgan fingerprint density at radius 3 is 2.42 bits per heavy atom. The number of cyclic esters (lactones) is 1. The fourth-order valence-electron chi connectivity index (χ4n) is 3.31. The number of hydrogen-bond acceptors (Lipinski definition) is 3. The second kappa shape index (κ2) is 5.80. The summed E-state index contributed by atoms with van der Waals surface area (Å²) in [5, 5.41) is 0.596. The molecule has 0 spiro atoms. The minimum Gasteiger partial charge on any atom is -0.456 e. The molecule has 2 aromatic carbocycles. The minimum atomic E-state index is -0.342. The van der Waals surface area contributed by atoms with Gasteiger partial charge in [-0.2, -0.15) is 0 Å². The van der Waals surface area contributed by atoms with Gasteiger partial charge in [-0.3, -0.25) is 9.69 Å². The van der Waals surface area contributed by atoms with Crippen LogP contribution in [0, 0.1) is 0 Å². The molecule has 1 unspecified atom stereocenters. The highest BCUT2D eigenvalue weighted by atomic mass is 35.5. The van der Waals surface area contributed by atoms with Crippen molar-refractivity contribution in [2.45, 2.75) is 12.3 Å². The van der Waals surface area contributed by atoms with E-state index in [0.29, 0.717) is 22.0 Å². The quantitative estimate of drug-likeness (QED) is 0.784. The molecule has 4 rings (SSSR count). The number of carbonyl (C=O) groups excluding carboxylic acids is 2. The van der Waals surface area contributed by atoms with Crippen LogP contribution in [0.2, 0.25) is 5.02 Å². The van der Waals surface area contributed by atoms with Crippen molar-refractivity contribution in [1.29, 1.82) is 0 Å². The smallest absolute Gasteiger partial charge is 0.336 e. The second-order valence-corrected chi connectivity index (χ2v) is 6.25. The summed E-state index contributed by atoms with van der Waals surface area (Å²) in [5.74, 6) is -0.652. The first kappa shape index (κ1) is 15.0. The van der Waals surface area contributed by atoms with Gasteiger partial charge < -0.3 is 4.74 Å². The maximum atomic E-state index is 12.8. The lowest BCUT2D eigenvalue weighted by atomic mass is 9.84. The highest BCUT2D eigenvalue weighted by Crippen LogP contribution is 2.41. The number of esters is 1. The molecule has 2 aliphatic rings. The summed E-state index contributed by atoms with van der Waals surface area (Å²) >= 11 is 5.93. The van der Waals surface area contributed by atoms with Crippen LogP contribution >= 0.6 is 11.6 Å². The number of ether oxygens (including phenoxy) is 1. The van der Waals surface area contributed by atoms with Gasteiger partial charge in [0.15, 0.2) is 0 Å². The van der Waals surface area contributed by atoms with Gasteiger partial charge in [-0.05, 0) is 29.8 Å². The molecule has 0 saturated heterocycles. The van der Waals surface area contributed by atoms with Crippen LogP contribution in [0.25, 0.3) is 0 Å². The van der Waals surface area contributed by atoms with E-state index < -0.39 is 0 Å². The van der Waals surface area contributed by atoms with Gasteiger partial charge in [0.2, 0.25) is 5.91 Å². The standard InChI is InChI=1S/C19H14ClNO3/c20-13-6-8-14(9-7-13)21-16-11-24-19(23)18(16)15(10-17(21)22)12-4-2-1-3-5-12/h1-9,15H,10-11H2. The summed E-state index contributed by atoms with van der Waals surface area (Å²) in [4.78, 5) is 26.7. The van der Waals surface area contributed by atoms with E-state index in [1.807, 2.05) is 30.3 Å². The van der Waals surface area contributed by atoms with E-state index in [0.717, 1.165) is 5.56 Å². The van der Waals surface area contributed by atoms with E-state index in [1.54, 1.807) is 29.2 Å². The number of anilines is 1. The minimum absolute atomic E-state index is 0.0526. The van der Waals surface area contributed by atoms with Gasteiger partial charge in [-0.15, -0.1) is 0 Å². The first-order chi connectivity index (χ1) is 11.6. The van der Waals surface area contributed by atoms with Gasteiger partial charge in [-0.25, -0.2) is 4.79 Å². The molecule has 0 bridgehead atoms. The van der Waals surface area contributed by atoms with Crippen LogP contribution in [0.1, 0.15) is 17.9 Å². The fourth-order valence-corrected chi connectivity index (χ4v) is 3.44. The van der Waals surface area contributed by atoms with Crippen LogP contribution in [0.4, 0.5) is 5.69 Å². The third-order valence-electron chi connectivity index (χ3n) is 4.40. The molecule has 0 N–H and O–H groups in total. The van der Waals surface area contributed by atoms with E-state index in [-0.39, 0.29) is 30.8 Å². The Morgan fingerprint density at radius 2 is 1.71 bits per heavy atom. The molecule has 4 nitrogen and oxygen atoms in total. The number of amides is 1. The zero-order chi connectivity index (χ0) is 16.7. The third-order valence-corrected chi connectivity index (χ3v) is 4.66. The van der Waals surface area contributed by atoms with E-state index in [2.05, 4.69) is 0 Å². The lowest BCUT2D eigenvalue weighted by molar-refractivity contribution is -0.136. The maximum Gasteiger partial charge on any atom is 0.336 e. The number of nitrogens with zero attached hydrogens (tertiary/aromatic N) is 1. The van der Waals surface area contributed by atoms with Crippen LogP contribution in [0.15, 0.2) is 65.9 Å². The third kappa shape index (κ3) is 2.39. The van der Waals surface area contributed by atoms with Gasteiger partial charge in [-0.1, -0.05) is 41.9 Å². The van der Waals surface area contributed by atoms with E-state index in [9.17, 15) is 9.59 Å². The summed E-state index contributed by atoms with van der Waals surface area (Å²) in [7, 11) is 0. The van der Waals surface area contributed by atoms with Crippen molar-refractivity contribution in [2.75, 3.05) is 11.5 Å². The van der Waals surface area contributed by atoms with Crippen LogP contribution < -0.4 is 4.90 Å². The summed E-state index contributed by atoms with van der Waals surface area (Å²) < 4.78 is 5.24. The van der Waals surface area contributed by atoms with Crippen LogP contribution in [0.5, 0.6) is 0 Å². The fraction of sp³-hybridized carbons (Fsp3) is 0.158. The highest BCUT2D eigenvalue weighted by molar-refractivity contribution is 6.30. The molecule has 2 heterocycles. The molecule has 1 amide bonds. The summed E-state index contributed by atoms with van der Waals surface area (Å²) in [6.07, 6.45) is 0.237. The van der Waals surface area contributed by atoms with Crippen molar-refractivity contribution in [1.82, 2.24) is 0 Å². The van der Waals surface area contributed by atoms with Crippen LogP contribution in [0.3, 0.4) is 0 Å². The average Bonchev–Trinajstić information content (AvgIpc) is 2.98. The number of benzene rings is 2. The van der Waals surface area contributed by atoms with Crippen molar-refractivity contribution in [3.8, 4) is 0 Å². The molecular weight excluding hydrogens is 326 g/mol. The van der Waals surface area contributed by atoms with Gasteiger partial charge in [0.1, 0.15) is 6.61 Å². The first-order valence-electron chi connectivity index (χ1n) is 7.69. The number of hydrogen-bond donors (Lipinski definition) is 0. The number of rotatable bonds is 2. The van der Waals surface area contributed by atoms with Crippen molar-refractivity contribution in [3.05, 3.63) is 76.5 Å². The van der Waals surface area contributed by atoms with Crippen molar-refractivity contribution in [3.63, 3.8) is 0 Å². The molecular formula is C19H14ClNO3. The van der Waals surface area contributed by atoms with E-state index >= 15 is 0 Å². The van der Waals surface area contributed by atoms with Gasteiger partial charge in [0.25, 0.3) is 0 Å². The zero-order valence-corrected chi connectivity index (χ0v) is 13.5. The monoisotopic (exact) mass is 339 g/mol. The molecule has 1 atom stereocenters. The number of halogens is 1. The second-order valence-electron chi connectivity index (χ2n) is 5.81. The normalized spacial score (nSPS) is 20.2. The summed E-state index contributed by atoms with van der Waals surface area (Å²) in [6, 6.07) is 16.6. The molecule has 0 aliphatic carbocycles. The molecule has 0 fully saturated rings. The van der Waals surface area contributed by atoms with Gasteiger partial charge in [0.05, 0.1) is 11.3 Å². The maximum absolute atomic E-state index is 12.8. The predicted octanol–water partition coefficient (Wildman–Crippen LogP) is 3.67. The first-order valence-corrected chi connectivity index (χ1v) is 8.06. The summed E-state index contributed by atoms with van der Waals surface area (Å²) in [5.41, 5.74) is 2.86. The molecule has 0 saturated carbocycles. The molecule has 2 aromatic rings. The lowest BCUT2D eigenvalue weighted by Crippen LogP contribution is -2.37. The largest absolute Gasteiger partial charge is 0.456 e. The Morgan fingerprint density at radius 1 is 1.00 bits per heavy atom. The average molecular weight is 340 g/mol. The number of carbonyl (C=O) groups is 2. The van der Waals surface area contributed by atoms with Gasteiger partial charge >= 0.3 is 5.97 Å². The van der Waals surface area contributed by atoms with Crippen LogP contribution in [-0.2, 0) is 14.3 Å². The van der Waals surface area contributed by atoms with Crippen molar-refractivity contribution < 1.29 is 14.3 Å². The van der Waals surface area contributed by atoms with Crippen molar-refractivity contribution in [2.24, 2.45) is 0 Å². The Kier molecular flexibility index (Phi) is 3.62. The van der Waals surface area contributed by atoms with Crippen molar-refractivity contribution >= 4 is 29.2 Å². The molecule has 0 aromatic heterocycles. The summed E-state index contributed by atoms with van der Waals surface area (Å²) in [6.45, 7) is 0.117. The predicted molar refractivity (Wildman–Crippen MR) is 90.7 cm³/mol. The molecule has 24 heavy (non-hydrogen) atoms. The Balaban J connectivity index is 1.83. The topological polar surface area (TPSA) is 46.6 Å². The highest BCUT2D eigenvalue weighted by Gasteiger charge is 2.42. The zero-order valence-electron chi connectivity index (χ0n) is 12.7.